The van der Waals surface area contributed by atoms with Gasteiger partial charge in [0.15, 0.2) is 0 Å². The Morgan fingerprint density at radius 2 is 1.94 bits per heavy atom. The maximum atomic E-state index is 12.1. The summed E-state index contributed by atoms with van der Waals surface area (Å²) < 4.78 is 36.9. The van der Waals surface area contributed by atoms with Crippen molar-refractivity contribution in [3.8, 4) is 0 Å². The van der Waals surface area contributed by atoms with Crippen LogP contribution in [0.3, 0.4) is 0 Å². The number of hydrogen-bond donors (Lipinski definition) is 1. The first-order valence-electron chi connectivity index (χ1n) is 4.07. The van der Waals surface area contributed by atoms with Gasteiger partial charge in [-0.15, -0.1) is 12.4 Å². The lowest BCUT2D eigenvalue weighted by Crippen LogP contribution is -2.20. The zero-order valence-corrected chi connectivity index (χ0v) is 11.1. The van der Waals surface area contributed by atoms with Crippen LogP contribution in [-0.2, 0) is 0 Å². The van der Waals surface area contributed by atoms with Crippen molar-refractivity contribution in [2.24, 2.45) is 5.73 Å². The molecule has 1 nitrogen and oxygen atoms in total. The lowest BCUT2D eigenvalue weighted by molar-refractivity contribution is -0.138. The monoisotopic (exact) mass is 337 g/mol. The van der Waals surface area contributed by atoms with E-state index < -0.39 is 18.6 Å². The summed E-state index contributed by atoms with van der Waals surface area (Å²) in [5.74, 6) is 0. The Hall–Kier alpha value is 0.0300. The van der Waals surface area contributed by atoms with Gasteiger partial charge in [-0.2, -0.15) is 13.2 Å². The number of hydrogen-bond acceptors (Lipinski definition) is 1. The van der Waals surface area contributed by atoms with Gasteiger partial charge in [-0.3, -0.25) is 0 Å². The molecule has 92 valence electrons. The lowest BCUT2D eigenvalue weighted by Gasteiger charge is -2.15. The smallest absolute Gasteiger partial charge is 0.324 e. The van der Waals surface area contributed by atoms with E-state index in [1.165, 1.54) is 12.1 Å². The van der Waals surface area contributed by atoms with E-state index in [1.54, 1.807) is 6.07 Å². The summed E-state index contributed by atoms with van der Waals surface area (Å²) in [5, 5.41) is 0.245. The van der Waals surface area contributed by atoms with Crippen LogP contribution >= 0.6 is 39.9 Å². The van der Waals surface area contributed by atoms with Gasteiger partial charge in [-0.1, -0.05) is 27.5 Å². The zero-order chi connectivity index (χ0) is 11.6. The highest BCUT2D eigenvalue weighted by Gasteiger charge is 2.31. The fourth-order valence-electron chi connectivity index (χ4n) is 1.16. The van der Waals surface area contributed by atoms with Crippen molar-refractivity contribution < 1.29 is 13.2 Å². The van der Waals surface area contributed by atoms with E-state index in [9.17, 15) is 13.2 Å². The van der Waals surface area contributed by atoms with Crippen LogP contribution in [-0.4, -0.2) is 6.18 Å². The minimum absolute atomic E-state index is 0. The van der Waals surface area contributed by atoms with Crippen LogP contribution in [0.25, 0.3) is 0 Å². The van der Waals surface area contributed by atoms with Crippen LogP contribution < -0.4 is 5.73 Å². The molecule has 2 N–H and O–H groups in total. The SMILES string of the molecule is Cl.N[C@H](CC(F)(F)F)c1cc(Br)ccc1Cl. The normalized spacial score (nSPS) is 13.1. The minimum Gasteiger partial charge on any atom is -0.324 e. The third-order valence-corrected chi connectivity index (χ3v) is 2.65. The Balaban J connectivity index is 0.00000225. The second kappa shape index (κ2) is 6.10. The van der Waals surface area contributed by atoms with Gasteiger partial charge in [0.2, 0.25) is 0 Å². The van der Waals surface area contributed by atoms with Crippen LogP contribution in [0.2, 0.25) is 5.02 Å². The molecule has 1 atom stereocenters. The van der Waals surface area contributed by atoms with Crippen molar-refractivity contribution in [2.45, 2.75) is 18.6 Å². The largest absolute Gasteiger partial charge is 0.390 e. The fourth-order valence-corrected chi connectivity index (χ4v) is 1.79. The minimum atomic E-state index is -4.29. The van der Waals surface area contributed by atoms with E-state index in [4.69, 9.17) is 17.3 Å². The van der Waals surface area contributed by atoms with E-state index in [1.807, 2.05) is 0 Å². The number of alkyl halides is 3. The maximum Gasteiger partial charge on any atom is 0.390 e. The maximum absolute atomic E-state index is 12.1. The number of nitrogens with two attached hydrogens (primary N) is 1. The van der Waals surface area contributed by atoms with Crippen molar-refractivity contribution in [1.82, 2.24) is 0 Å². The third kappa shape index (κ3) is 4.91. The lowest BCUT2D eigenvalue weighted by atomic mass is 10.0. The van der Waals surface area contributed by atoms with Crippen molar-refractivity contribution in [1.29, 1.82) is 0 Å². The first kappa shape index (κ1) is 16.0. The number of rotatable bonds is 2. The highest BCUT2D eigenvalue weighted by molar-refractivity contribution is 9.10. The molecule has 1 aromatic carbocycles. The summed E-state index contributed by atoms with van der Waals surface area (Å²) in [4.78, 5) is 0. The molecule has 0 aliphatic carbocycles. The first-order chi connectivity index (χ1) is 6.79. The van der Waals surface area contributed by atoms with E-state index in [0.717, 1.165) is 0 Å². The average molecular weight is 339 g/mol. The molecule has 0 heterocycles. The highest BCUT2D eigenvalue weighted by atomic mass is 79.9. The first-order valence-corrected chi connectivity index (χ1v) is 5.24. The van der Waals surface area contributed by atoms with Crippen LogP contribution in [0.15, 0.2) is 22.7 Å². The molecule has 0 bridgehead atoms. The summed E-state index contributed by atoms with van der Waals surface area (Å²) in [6.45, 7) is 0. The van der Waals surface area contributed by atoms with Gasteiger partial charge < -0.3 is 5.73 Å². The molecule has 16 heavy (non-hydrogen) atoms. The Morgan fingerprint density at radius 3 is 2.44 bits per heavy atom. The van der Waals surface area contributed by atoms with Crippen molar-refractivity contribution >= 4 is 39.9 Å². The third-order valence-electron chi connectivity index (χ3n) is 1.81. The molecular weight excluding hydrogens is 330 g/mol. The Morgan fingerprint density at radius 1 is 1.38 bits per heavy atom. The Labute approximate surface area is 111 Å². The molecule has 0 unspecified atom stereocenters. The summed E-state index contributed by atoms with van der Waals surface area (Å²) in [6.07, 6.45) is -5.37. The molecule has 0 saturated heterocycles. The molecule has 0 amide bonds. The summed E-state index contributed by atoms with van der Waals surface area (Å²) in [5.41, 5.74) is 5.72. The fraction of sp³-hybridized carbons (Fsp3) is 0.333. The molecule has 0 aromatic heterocycles. The van der Waals surface area contributed by atoms with E-state index in [-0.39, 0.29) is 17.4 Å². The average Bonchev–Trinajstić information content (AvgIpc) is 2.06. The molecule has 0 spiro atoms. The molecule has 1 aromatic rings. The predicted octanol–water partition coefficient (Wildman–Crippen LogP) is 4.48. The molecule has 0 fully saturated rings. The standard InChI is InChI=1S/C9H8BrClF3N.ClH/c10-5-1-2-7(11)6(3-5)8(15)4-9(12,13)14;/h1-3,8H,4,15H2;1H/t8-;/m1./s1. The van der Waals surface area contributed by atoms with Gasteiger partial charge in [0.05, 0.1) is 6.42 Å². The van der Waals surface area contributed by atoms with Crippen molar-refractivity contribution in [2.75, 3.05) is 0 Å². The van der Waals surface area contributed by atoms with E-state index >= 15 is 0 Å². The predicted molar refractivity (Wildman–Crippen MR) is 64.0 cm³/mol. The number of benzene rings is 1. The summed E-state index contributed by atoms with van der Waals surface area (Å²) in [7, 11) is 0. The zero-order valence-electron chi connectivity index (χ0n) is 7.89. The second-order valence-corrected chi connectivity index (χ2v) is 4.41. The van der Waals surface area contributed by atoms with Crippen molar-refractivity contribution in [3.05, 3.63) is 33.3 Å². The highest BCUT2D eigenvalue weighted by Crippen LogP contribution is 2.32. The molecule has 0 saturated carbocycles. The van der Waals surface area contributed by atoms with Crippen LogP contribution in [0.4, 0.5) is 13.2 Å². The van der Waals surface area contributed by atoms with E-state index in [0.29, 0.717) is 10.0 Å². The molecule has 0 aliphatic rings. The topological polar surface area (TPSA) is 26.0 Å². The van der Waals surface area contributed by atoms with Gasteiger partial charge in [-0.25, -0.2) is 0 Å². The van der Waals surface area contributed by atoms with Crippen molar-refractivity contribution in [3.63, 3.8) is 0 Å². The van der Waals surface area contributed by atoms with Crippen LogP contribution in [0.5, 0.6) is 0 Å². The molecular formula is C9H9BrCl2F3N. The molecule has 7 heteroatoms. The van der Waals surface area contributed by atoms with Gasteiger partial charge in [0, 0.05) is 15.5 Å². The summed E-state index contributed by atoms with van der Waals surface area (Å²) >= 11 is 8.90. The van der Waals surface area contributed by atoms with Crippen LogP contribution in [0.1, 0.15) is 18.0 Å². The van der Waals surface area contributed by atoms with Gasteiger partial charge >= 0.3 is 6.18 Å². The van der Waals surface area contributed by atoms with Gasteiger partial charge in [-0.05, 0) is 23.8 Å². The molecule has 0 radical (unpaired) electrons. The quantitative estimate of drug-likeness (QED) is 0.845. The van der Waals surface area contributed by atoms with E-state index in [2.05, 4.69) is 15.9 Å². The second-order valence-electron chi connectivity index (χ2n) is 3.09. The molecule has 1 rings (SSSR count). The number of halogens is 6. The Kier molecular flexibility index (Phi) is 6.11. The van der Waals surface area contributed by atoms with Crippen LogP contribution in [0, 0.1) is 0 Å². The van der Waals surface area contributed by atoms with Gasteiger partial charge in [0.25, 0.3) is 0 Å². The molecule has 0 aliphatic heterocycles. The Bertz CT molecular complexity index is 357. The summed E-state index contributed by atoms with van der Waals surface area (Å²) in [6, 6.07) is 3.53. The van der Waals surface area contributed by atoms with Gasteiger partial charge in [0.1, 0.15) is 0 Å².